The molecule has 0 radical (unpaired) electrons. The molecule has 6 nitrogen and oxygen atoms in total. The Balaban J connectivity index is 1.28. The Bertz CT molecular complexity index is 846. The fourth-order valence-corrected chi connectivity index (χ4v) is 3.62. The fraction of sp³-hybridized carbons (Fsp3) is 0.409. The van der Waals surface area contributed by atoms with Gasteiger partial charge in [0.25, 0.3) is 5.91 Å². The van der Waals surface area contributed by atoms with Gasteiger partial charge in [-0.25, -0.2) is 0 Å². The molecule has 0 saturated carbocycles. The van der Waals surface area contributed by atoms with Crippen LogP contribution < -0.4 is 14.2 Å². The molecule has 1 atom stereocenters. The molecule has 0 aromatic heterocycles. The van der Waals surface area contributed by atoms with Crippen molar-refractivity contribution in [1.82, 2.24) is 9.80 Å². The topological polar surface area (TPSA) is 51.2 Å². The number of piperazine rings is 1. The zero-order valence-electron chi connectivity index (χ0n) is 16.4. The predicted octanol–water partition coefficient (Wildman–Crippen LogP) is 2.84. The lowest BCUT2D eigenvalue weighted by Gasteiger charge is -2.36. The Morgan fingerprint density at radius 1 is 1.07 bits per heavy atom. The maximum atomic E-state index is 12.7. The molecule has 1 amide bonds. The number of nitrogens with zero attached hydrogens (tertiary/aromatic N) is 2. The van der Waals surface area contributed by atoms with Gasteiger partial charge in [0.2, 0.25) is 6.79 Å². The average Bonchev–Trinajstić information content (AvgIpc) is 3.16. The van der Waals surface area contributed by atoms with E-state index in [4.69, 9.17) is 14.2 Å². The van der Waals surface area contributed by atoms with Crippen LogP contribution in [0.15, 0.2) is 42.5 Å². The zero-order chi connectivity index (χ0) is 19.5. The Morgan fingerprint density at radius 2 is 1.86 bits per heavy atom. The Labute approximate surface area is 165 Å². The molecule has 0 N–H and O–H groups in total. The van der Waals surface area contributed by atoms with E-state index in [1.165, 1.54) is 5.56 Å². The van der Waals surface area contributed by atoms with Crippen LogP contribution >= 0.6 is 0 Å². The lowest BCUT2D eigenvalue weighted by Crippen LogP contribution is -2.51. The first-order valence-electron chi connectivity index (χ1n) is 9.71. The first-order chi connectivity index (χ1) is 13.6. The van der Waals surface area contributed by atoms with Crippen molar-refractivity contribution in [3.8, 4) is 17.2 Å². The number of benzene rings is 2. The number of ether oxygens (including phenoxy) is 3. The molecule has 1 saturated heterocycles. The van der Waals surface area contributed by atoms with Crippen molar-refractivity contribution in [1.29, 1.82) is 0 Å². The van der Waals surface area contributed by atoms with E-state index in [-0.39, 0.29) is 5.91 Å². The van der Waals surface area contributed by atoms with Crippen molar-refractivity contribution in [3.05, 3.63) is 53.6 Å². The molecule has 28 heavy (non-hydrogen) atoms. The van der Waals surface area contributed by atoms with Crippen LogP contribution in [0, 0.1) is 6.92 Å². The molecule has 0 unspecified atom stereocenters. The number of fused-ring (bicyclic) bond motifs is 1. The van der Waals surface area contributed by atoms with Gasteiger partial charge in [0.1, 0.15) is 5.75 Å². The normalized spacial score (nSPS) is 17.4. The van der Waals surface area contributed by atoms with Crippen molar-refractivity contribution in [2.24, 2.45) is 0 Å². The molecule has 4 rings (SSSR count). The number of amides is 1. The molecule has 2 aliphatic heterocycles. The summed E-state index contributed by atoms with van der Waals surface area (Å²) >= 11 is 0. The highest BCUT2D eigenvalue weighted by atomic mass is 16.7. The third kappa shape index (κ3) is 4.22. The Morgan fingerprint density at radius 3 is 2.64 bits per heavy atom. The number of aryl methyl sites for hydroxylation is 1. The second kappa shape index (κ2) is 8.10. The van der Waals surface area contributed by atoms with Crippen molar-refractivity contribution < 1.29 is 19.0 Å². The van der Waals surface area contributed by atoms with Crippen LogP contribution in [0.2, 0.25) is 0 Å². The van der Waals surface area contributed by atoms with Crippen molar-refractivity contribution in [2.75, 3.05) is 33.0 Å². The van der Waals surface area contributed by atoms with E-state index in [0.29, 0.717) is 19.9 Å². The monoisotopic (exact) mass is 382 g/mol. The quantitative estimate of drug-likeness (QED) is 0.796. The van der Waals surface area contributed by atoms with Gasteiger partial charge in [0.15, 0.2) is 17.6 Å². The Kier molecular flexibility index (Phi) is 5.39. The maximum Gasteiger partial charge on any atom is 0.263 e. The standard InChI is InChI=1S/C22H26N2O4/c1-16-4-3-5-19(12-16)28-17(2)22(25)24-10-8-23(9-11-24)14-18-6-7-20-21(13-18)27-15-26-20/h3-7,12-13,17H,8-11,14-15H2,1-2H3/t17-/m0/s1. The summed E-state index contributed by atoms with van der Waals surface area (Å²) < 4.78 is 16.7. The molecule has 1 fully saturated rings. The van der Waals surface area contributed by atoms with Crippen LogP contribution in [0.3, 0.4) is 0 Å². The SMILES string of the molecule is Cc1cccc(O[C@@H](C)C(=O)N2CCN(Cc3ccc4c(c3)OCO4)CC2)c1. The van der Waals surface area contributed by atoms with E-state index < -0.39 is 6.10 Å². The summed E-state index contributed by atoms with van der Waals surface area (Å²) in [7, 11) is 0. The highest BCUT2D eigenvalue weighted by Crippen LogP contribution is 2.32. The maximum absolute atomic E-state index is 12.7. The van der Waals surface area contributed by atoms with Gasteiger partial charge < -0.3 is 19.1 Å². The summed E-state index contributed by atoms with van der Waals surface area (Å²) in [6, 6.07) is 13.9. The van der Waals surface area contributed by atoms with Gasteiger partial charge in [-0.1, -0.05) is 18.2 Å². The summed E-state index contributed by atoms with van der Waals surface area (Å²) in [5.74, 6) is 2.40. The van der Waals surface area contributed by atoms with E-state index in [9.17, 15) is 4.79 Å². The van der Waals surface area contributed by atoms with Crippen LogP contribution in [0.4, 0.5) is 0 Å². The highest BCUT2D eigenvalue weighted by molar-refractivity contribution is 5.81. The molecule has 2 heterocycles. The first kappa shape index (κ1) is 18.6. The summed E-state index contributed by atoms with van der Waals surface area (Å²) in [5, 5.41) is 0. The van der Waals surface area contributed by atoms with Gasteiger partial charge in [0.05, 0.1) is 0 Å². The Hall–Kier alpha value is -2.73. The molecule has 0 spiro atoms. The number of hydrogen-bond donors (Lipinski definition) is 0. The minimum Gasteiger partial charge on any atom is -0.481 e. The second-order valence-electron chi connectivity index (χ2n) is 7.37. The van der Waals surface area contributed by atoms with Gasteiger partial charge in [-0.05, 0) is 49.2 Å². The summed E-state index contributed by atoms with van der Waals surface area (Å²) in [6.07, 6.45) is -0.484. The van der Waals surface area contributed by atoms with Crippen LogP contribution in [-0.2, 0) is 11.3 Å². The van der Waals surface area contributed by atoms with E-state index in [2.05, 4.69) is 11.0 Å². The van der Waals surface area contributed by atoms with E-state index in [1.807, 2.05) is 55.1 Å². The summed E-state index contributed by atoms with van der Waals surface area (Å²) in [6.45, 7) is 8.09. The predicted molar refractivity (Wildman–Crippen MR) is 106 cm³/mol. The smallest absolute Gasteiger partial charge is 0.263 e. The molecule has 2 aromatic rings. The van der Waals surface area contributed by atoms with Crippen LogP contribution in [-0.4, -0.2) is 54.8 Å². The number of hydrogen-bond acceptors (Lipinski definition) is 5. The molecule has 6 heteroatoms. The van der Waals surface area contributed by atoms with Gasteiger partial charge in [-0.3, -0.25) is 9.69 Å². The third-order valence-corrected chi connectivity index (χ3v) is 5.18. The molecular weight excluding hydrogens is 356 g/mol. The van der Waals surface area contributed by atoms with Crippen molar-refractivity contribution >= 4 is 5.91 Å². The molecule has 0 aliphatic carbocycles. The number of rotatable bonds is 5. The molecule has 0 bridgehead atoms. The minimum atomic E-state index is -0.484. The second-order valence-corrected chi connectivity index (χ2v) is 7.37. The van der Waals surface area contributed by atoms with Crippen LogP contribution in [0.1, 0.15) is 18.1 Å². The van der Waals surface area contributed by atoms with Gasteiger partial charge in [0, 0.05) is 32.7 Å². The van der Waals surface area contributed by atoms with Crippen LogP contribution in [0.5, 0.6) is 17.2 Å². The van der Waals surface area contributed by atoms with Gasteiger partial charge in [-0.15, -0.1) is 0 Å². The minimum absolute atomic E-state index is 0.0456. The third-order valence-electron chi connectivity index (χ3n) is 5.18. The van der Waals surface area contributed by atoms with E-state index >= 15 is 0 Å². The fourth-order valence-electron chi connectivity index (χ4n) is 3.62. The van der Waals surface area contributed by atoms with Crippen molar-refractivity contribution in [3.63, 3.8) is 0 Å². The number of carbonyl (C=O) groups excluding carboxylic acids is 1. The van der Waals surface area contributed by atoms with E-state index in [0.717, 1.165) is 42.4 Å². The molecular formula is C22H26N2O4. The summed E-state index contributed by atoms with van der Waals surface area (Å²) in [4.78, 5) is 17.0. The summed E-state index contributed by atoms with van der Waals surface area (Å²) in [5.41, 5.74) is 2.31. The zero-order valence-corrected chi connectivity index (χ0v) is 16.4. The number of carbonyl (C=O) groups is 1. The lowest BCUT2D eigenvalue weighted by atomic mass is 10.1. The molecule has 2 aromatic carbocycles. The molecule has 2 aliphatic rings. The largest absolute Gasteiger partial charge is 0.481 e. The molecule has 148 valence electrons. The highest BCUT2D eigenvalue weighted by Gasteiger charge is 2.26. The lowest BCUT2D eigenvalue weighted by molar-refractivity contribution is -0.139. The van der Waals surface area contributed by atoms with E-state index in [1.54, 1.807) is 0 Å². The first-order valence-corrected chi connectivity index (χ1v) is 9.71. The average molecular weight is 382 g/mol. The van der Waals surface area contributed by atoms with Crippen molar-refractivity contribution in [2.45, 2.75) is 26.5 Å². The van der Waals surface area contributed by atoms with Crippen LogP contribution in [0.25, 0.3) is 0 Å². The van der Waals surface area contributed by atoms with Gasteiger partial charge in [-0.2, -0.15) is 0 Å². The van der Waals surface area contributed by atoms with Gasteiger partial charge >= 0.3 is 0 Å².